The zero-order chi connectivity index (χ0) is 13.0. The van der Waals surface area contributed by atoms with Crippen molar-refractivity contribution in [2.45, 2.75) is 54.4 Å². The van der Waals surface area contributed by atoms with Crippen LogP contribution in [0.25, 0.3) is 0 Å². The van der Waals surface area contributed by atoms with Crippen molar-refractivity contribution in [3.8, 4) is 0 Å². The largest absolute Gasteiger partial charge is 0.295 e. The van der Waals surface area contributed by atoms with Gasteiger partial charge in [0.25, 0.3) is 0 Å². The van der Waals surface area contributed by atoms with Gasteiger partial charge in [0.05, 0.1) is 0 Å². The highest BCUT2D eigenvalue weighted by Crippen LogP contribution is 2.60. The Morgan fingerprint density at radius 1 is 1.12 bits per heavy atom. The zero-order valence-electron chi connectivity index (χ0n) is 12.1. The van der Waals surface area contributed by atoms with E-state index in [9.17, 15) is 4.79 Å². The Bertz CT molecular complexity index is 373. The monoisotopic (exact) mass is 234 g/mol. The van der Waals surface area contributed by atoms with Crippen LogP contribution in [0.3, 0.4) is 0 Å². The topological polar surface area (TPSA) is 17.1 Å². The summed E-state index contributed by atoms with van der Waals surface area (Å²) in [5.74, 6) is 2.27. The highest BCUT2D eigenvalue weighted by Gasteiger charge is 2.52. The molecule has 96 valence electrons. The minimum atomic E-state index is 0.176. The predicted octanol–water partition coefficient (Wildman–Crippen LogP) is 4.23. The predicted molar refractivity (Wildman–Crippen MR) is 71.7 cm³/mol. The van der Waals surface area contributed by atoms with Gasteiger partial charge in [-0.1, -0.05) is 47.1 Å². The maximum atomic E-state index is 11.7. The normalized spacial score (nSPS) is 39.5. The molecule has 0 N–H and O–H groups in total. The molecule has 3 atom stereocenters. The van der Waals surface area contributed by atoms with Gasteiger partial charge in [-0.2, -0.15) is 0 Å². The maximum Gasteiger partial charge on any atom is 0.155 e. The van der Waals surface area contributed by atoms with Crippen LogP contribution in [0.5, 0.6) is 0 Å². The second-order valence-corrected chi connectivity index (χ2v) is 7.28. The Balaban J connectivity index is 2.53. The number of fused-ring (bicyclic) bond motifs is 1. The van der Waals surface area contributed by atoms with E-state index < -0.39 is 0 Å². The van der Waals surface area contributed by atoms with Gasteiger partial charge in [0.1, 0.15) is 0 Å². The van der Waals surface area contributed by atoms with Crippen molar-refractivity contribution in [3.05, 3.63) is 11.6 Å². The fraction of sp³-hybridized carbons (Fsp3) is 0.812. The van der Waals surface area contributed by atoms with Crippen molar-refractivity contribution in [1.82, 2.24) is 0 Å². The molecule has 2 aliphatic rings. The second-order valence-electron chi connectivity index (χ2n) is 7.28. The fourth-order valence-corrected chi connectivity index (χ4v) is 4.05. The van der Waals surface area contributed by atoms with Crippen LogP contribution in [-0.4, -0.2) is 5.78 Å². The summed E-state index contributed by atoms with van der Waals surface area (Å²) in [5.41, 5.74) is 1.92. The van der Waals surface area contributed by atoms with Crippen LogP contribution in [0.1, 0.15) is 54.4 Å². The number of ketones is 1. The van der Waals surface area contributed by atoms with E-state index in [1.807, 2.05) is 6.08 Å². The van der Waals surface area contributed by atoms with Crippen molar-refractivity contribution in [1.29, 1.82) is 0 Å². The van der Waals surface area contributed by atoms with Crippen LogP contribution in [0.2, 0.25) is 0 Å². The standard InChI is InChI=1S/C16H26O/c1-10-11(2)16(5,6)14-9-12(17)7-8-13(14)15(10,3)4/h9-11,13H,7-8H2,1-6H3. The van der Waals surface area contributed by atoms with E-state index in [4.69, 9.17) is 0 Å². The summed E-state index contributed by atoms with van der Waals surface area (Å²) in [7, 11) is 0. The molecular weight excluding hydrogens is 208 g/mol. The molecule has 0 aromatic heterocycles. The van der Waals surface area contributed by atoms with Crippen LogP contribution in [0.15, 0.2) is 11.6 Å². The molecule has 2 aliphatic carbocycles. The van der Waals surface area contributed by atoms with Gasteiger partial charge in [0, 0.05) is 6.42 Å². The molecule has 0 bridgehead atoms. The molecule has 0 aliphatic heterocycles. The van der Waals surface area contributed by atoms with Gasteiger partial charge in [-0.25, -0.2) is 0 Å². The first kappa shape index (κ1) is 12.9. The van der Waals surface area contributed by atoms with Gasteiger partial charge in [0.2, 0.25) is 0 Å². The van der Waals surface area contributed by atoms with Gasteiger partial charge in [-0.3, -0.25) is 4.79 Å². The lowest BCUT2D eigenvalue weighted by Gasteiger charge is -2.57. The van der Waals surface area contributed by atoms with Crippen molar-refractivity contribution in [2.75, 3.05) is 0 Å². The molecule has 0 aromatic carbocycles. The van der Waals surface area contributed by atoms with E-state index in [-0.39, 0.29) is 5.41 Å². The molecule has 1 saturated carbocycles. The van der Waals surface area contributed by atoms with E-state index in [2.05, 4.69) is 41.5 Å². The molecule has 0 spiro atoms. The van der Waals surface area contributed by atoms with E-state index in [1.54, 1.807) is 0 Å². The van der Waals surface area contributed by atoms with Crippen LogP contribution in [0.4, 0.5) is 0 Å². The third-order valence-electron chi connectivity index (χ3n) is 6.08. The first-order valence-electron chi connectivity index (χ1n) is 6.94. The van der Waals surface area contributed by atoms with Gasteiger partial charge in [0.15, 0.2) is 5.78 Å². The number of rotatable bonds is 0. The Kier molecular flexibility index (Phi) is 2.80. The van der Waals surface area contributed by atoms with Crippen molar-refractivity contribution in [3.63, 3.8) is 0 Å². The SMILES string of the molecule is CC1C(C)C(C)(C)C2CCC(=O)C=C2C1(C)C. The molecule has 0 radical (unpaired) electrons. The van der Waals surface area contributed by atoms with E-state index >= 15 is 0 Å². The molecule has 0 saturated heterocycles. The van der Waals surface area contributed by atoms with Gasteiger partial charge < -0.3 is 0 Å². The zero-order valence-corrected chi connectivity index (χ0v) is 12.1. The summed E-state index contributed by atoms with van der Waals surface area (Å²) in [6.45, 7) is 14.2. The smallest absolute Gasteiger partial charge is 0.155 e. The molecule has 17 heavy (non-hydrogen) atoms. The first-order valence-corrected chi connectivity index (χ1v) is 6.94. The lowest BCUT2D eigenvalue weighted by molar-refractivity contribution is -0.116. The number of carbonyl (C=O) groups is 1. The number of allylic oxidation sites excluding steroid dienone is 2. The highest BCUT2D eigenvalue weighted by atomic mass is 16.1. The van der Waals surface area contributed by atoms with Gasteiger partial charge in [-0.05, 0) is 41.1 Å². The summed E-state index contributed by atoms with van der Waals surface area (Å²) in [4.78, 5) is 11.7. The molecular formula is C16H26O. The Hall–Kier alpha value is -0.590. The second kappa shape index (κ2) is 3.70. The molecule has 1 fully saturated rings. The van der Waals surface area contributed by atoms with Gasteiger partial charge >= 0.3 is 0 Å². The van der Waals surface area contributed by atoms with E-state index in [0.29, 0.717) is 29.0 Å². The summed E-state index contributed by atoms with van der Waals surface area (Å²) < 4.78 is 0. The Morgan fingerprint density at radius 3 is 2.29 bits per heavy atom. The summed E-state index contributed by atoms with van der Waals surface area (Å²) in [6.07, 6.45) is 3.77. The van der Waals surface area contributed by atoms with Crippen molar-refractivity contribution < 1.29 is 4.79 Å². The molecule has 0 aromatic rings. The summed E-state index contributed by atoms with van der Waals surface area (Å²) >= 11 is 0. The molecule has 0 amide bonds. The molecule has 3 unspecified atom stereocenters. The third-order valence-corrected chi connectivity index (χ3v) is 6.08. The summed E-state index contributed by atoms with van der Waals surface area (Å²) in [5, 5.41) is 0. The molecule has 1 nitrogen and oxygen atoms in total. The fourth-order valence-electron chi connectivity index (χ4n) is 4.05. The first-order chi connectivity index (χ1) is 7.69. The Labute approximate surface area is 106 Å². The van der Waals surface area contributed by atoms with Crippen molar-refractivity contribution >= 4 is 5.78 Å². The minimum Gasteiger partial charge on any atom is -0.295 e. The van der Waals surface area contributed by atoms with Crippen molar-refractivity contribution in [2.24, 2.45) is 28.6 Å². The van der Waals surface area contributed by atoms with Crippen LogP contribution < -0.4 is 0 Å². The molecule has 2 rings (SSSR count). The highest BCUT2D eigenvalue weighted by molar-refractivity contribution is 5.91. The summed E-state index contributed by atoms with van der Waals surface area (Å²) in [6, 6.07) is 0. The Morgan fingerprint density at radius 2 is 1.71 bits per heavy atom. The van der Waals surface area contributed by atoms with Gasteiger partial charge in [-0.15, -0.1) is 0 Å². The number of hydrogen-bond donors (Lipinski definition) is 0. The average Bonchev–Trinajstić information content (AvgIpc) is 2.25. The number of hydrogen-bond acceptors (Lipinski definition) is 1. The minimum absolute atomic E-state index is 0.176. The van der Waals surface area contributed by atoms with Crippen LogP contribution >= 0.6 is 0 Å². The molecule has 0 heterocycles. The molecule has 1 heteroatoms. The lowest BCUT2D eigenvalue weighted by atomic mass is 9.47. The van der Waals surface area contributed by atoms with Crippen LogP contribution in [-0.2, 0) is 4.79 Å². The third kappa shape index (κ3) is 1.70. The van der Waals surface area contributed by atoms with Crippen LogP contribution in [0, 0.1) is 28.6 Å². The number of carbonyl (C=O) groups excluding carboxylic acids is 1. The average molecular weight is 234 g/mol. The maximum absolute atomic E-state index is 11.7. The van der Waals surface area contributed by atoms with E-state index in [0.717, 1.165) is 12.8 Å². The van der Waals surface area contributed by atoms with E-state index in [1.165, 1.54) is 5.57 Å². The lowest BCUT2D eigenvalue weighted by Crippen LogP contribution is -2.50. The quantitative estimate of drug-likeness (QED) is 0.613.